The van der Waals surface area contributed by atoms with E-state index in [1.165, 1.54) is 4.88 Å². The Morgan fingerprint density at radius 1 is 1.16 bits per heavy atom. The monoisotopic (exact) mass is 507 g/mol. The van der Waals surface area contributed by atoms with Crippen molar-refractivity contribution in [2.45, 2.75) is 26.2 Å². The predicted octanol–water partition coefficient (Wildman–Crippen LogP) is 6.58. The van der Waals surface area contributed by atoms with Crippen LogP contribution in [0.2, 0.25) is 0 Å². The van der Waals surface area contributed by atoms with E-state index in [0.29, 0.717) is 12.1 Å². The lowest BCUT2D eigenvalue weighted by Crippen LogP contribution is -2.11. The van der Waals surface area contributed by atoms with E-state index in [4.69, 9.17) is 4.98 Å². The lowest BCUT2D eigenvalue weighted by Gasteiger charge is -2.07. The number of pyridine rings is 2. The van der Waals surface area contributed by atoms with Crippen LogP contribution in [0, 0.1) is 0 Å². The molecule has 184 valence electrons. The van der Waals surface area contributed by atoms with Crippen molar-refractivity contribution in [3.63, 3.8) is 0 Å². The van der Waals surface area contributed by atoms with E-state index in [9.17, 15) is 4.79 Å². The molecular formula is C28H25N7OS. The van der Waals surface area contributed by atoms with Gasteiger partial charge in [-0.3, -0.25) is 14.9 Å². The van der Waals surface area contributed by atoms with Crippen LogP contribution in [0.15, 0.2) is 72.5 Å². The topological polar surface area (TPSA) is 111 Å². The summed E-state index contributed by atoms with van der Waals surface area (Å²) >= 11 is 1.71. The second-order valence-corrected chi connectivity index (χ2v) is 9.76. The quantitative estimate of drug-likeness (QED) is 0.199. The highest BCUT2D eigenvalue weighted by molar-refractivity contribution is 7.11. The van der Waals surface area contributed by atoms with E-state index in [1.807, 2.05) is 30.5 Å². The highest BCUT2D eigenvalue weighted by atomic mass is 32.1. The lowest BCUT2D eigenvalue weighted by molar-refractivity contribution is -0.116. The molecule has 5 aromatic rings. The molecular weight excluding hydrogens is 482 g/mol. The van der Waals surface area contributed by atoms with Gasteiger partial charge in [0.2, 0.25) is 5.91 Å². The molecule has 0 radical (unpaired) electrons. The molecule has 1 aliphatic rings. The zero-order chi connectivity index (χ0) is 25.2. The maximum absolute atomic E-state index is 12.2. The number of anilines is 2. The van der Waals surface area contributed by atoms with Gasteiger partial charge in [0.15, 0.2) is 0 Å². The van der Waals surface area contributed by atoms with E-state index >= 15 is 0 Å². The van der Waals surface area contributed by atoms with Crippen LogP contribution >= 0.6 is 11.3 Å². The minimum atomic E-state index is -0.00716. The summed E-state index contributed by atoms with van der Waals surface area (Å²) in [7, 11) is 0. The Bertz CT molecular complexity index is 1640. The van der Waals surface area contributed by atoms with Gasteiger partial charge in [0.1, 0.15) is 17.0 Å². The Kier molecular flexibility index (Phi) is 6.11. The molecule has 6 rings (SSSR count). The van der Waals surface area contributed by atoms with E-state index in [0.717, 1.165) is 63.5 Å². The number of unbranched alkanes of at least 4 members (excludes halogenated alkanes) is 1. The maximum Gasteiger partial charge on any atom is 0.224 e. The van der Waals surface area contributed by atoms with Gasteiger partial charge in [0.05, 0.1) is 28.8 Å². The number of fused-ring (bicyclic) bond motifs is 2. The molecule has 0 aromatic carbocycles. The lowest BCUT2D eigenvalue weighted by atomic mass is 10.1. The number of thiophene rings is 1. The number of rotatable bonds is 7. The third-order valence-corrected chi connectivity index (χ3v) is 7.12. The van der Waals surface area contributed by atoms with Crippen molar-refractivity contribution in [1.29, 1.82) is 0 Å². The number of carbonyl (C=O) groups excluding carboxylic acids is 1. The summed E-state index contributed by atoms with van der Waals surface area (Å²) in [4.78, 5) is 26.1. The fourth-order valence-electron chi connectivity index (χ4n) is 4.38. The first-order chi connectivity index (χ1) is 18.2. The summed E-state index contributed by atoms with van der Waals surface area (Å²) < 4.78 is 0. The number of aromatic nitrogens is 5. The van der Waals surface area contributed by atoms with Crippen molar-refractivity contribution in [3.8, 4) is 22.6 Å². The first-order valence-corrected chi connectivity index (χ1v) is 13.1. The van der Waals surface area contributed by atoms with Gasteiger partial charge in [-0.15, -0.1) is 11.3 Å². The predicted molar refractivity (Wildman–Crippen MR) is 149 cm³/mol. The normalized spacial score (nSPS) is 12.6. The molecule has 0 bridgehead atoms. The van der Waals surface area contributed by atoms with Crippen LogP contribution in [-0.2, 0) is 4.79 Å². The second-order valence-electron chi connectivity index (χ2n) is 8.81. The molecule has 5 aromatic heterocycles. The Hall–Kier alpha value is -4.50. The first kappa shape index (κ1) is 22.9. The molecule has 0 spiro atoms. The third-order valence-electron chi connectivity index (χ3n) is 6.22. The van der Waals surface area contributed by atoms with Crippen LogP contribution < -0.4 is 10.6 Å². The summed E-state index contributed by atoms with van der Waals surface area (Å²) in [6, 6.07) is 12.1. The van der Waals surface area contributed by atoms with Crippen LogP contribution in [-0.4, -0.2) is 31.1 Å². The van der Waals surface area contributed by atoms with Crippen molar-refractivity contribution < 1.29 is 4.79 Å². The van der Waals surface area contributed by atoms with Gasteiger partial charge in [0.25, 0.3) is 0 Å². The molecule has 0 fully saturated rings. The minimum absolute atomic E-state index is 0.00716. The van der Waals surface area contributed by atoms with Crippen LogP contribution in [0.1, 0.15) is 36.6 Å². The molecule has 0 atom stereocenters. The summed E-state index contributed by atoms with van der Waals surface area (Å²) in [6.07, 6.45) is 11.8. The Morgan fingerprint density at radius 3 is 2.97 bits per heavy atom. The van der Waals surface area contributed by atoms with Gasteiger partial charge in [0, 0.05) is 40.4 Å². The second kappa shape index (κ2) is 9.87. The van der Waals surface area contributed by atoms with Gasteiger partial charge < -0.3 is 15.6 Å². The molecule has 6 heterocycles. The van der Waals surface area contributed by atoms with Gasteiger partial charge in [-0.2, -0.15) is 5.10 Å². The van der Waals surface area contributed by atoms with Crippen LogP contribution in [0.25, 0.3) is 39.3 Å². The van der Waals surface area contributed by atoms with E-state index in [2.05, 4.69) is 67.4 Å². The fourth-order valence-corrected chi connectivity index (χ4v) is 5.14. The van der Waals surface area contributed by atoms with E-state index in [1.54, 1.807) is 23.7 Å². The molecule has 0 saturated carbocycles. The average molecular weight is 508 g/mol. The standard InChI is InChI=1S/C28H25N7OS/c1-2-3-8-25(36)31-18-13-17(15-29-16-18)21-9-10-22-26(32-21)27(35-34-22)23-14-20-19(24-7-5-12-37-24)6-4-11-30-28(20)33-23/h4-7,9-16,30,33H,2-3,8H2,1H3,(H,31,36)(H,34,35). The number of hydrogen-bond donors (Lipinski definition) is 4. The summed E-state index contributed by atoms with van der Waals surface area (Å²) in [6.45, 7) is 2.07. The number of carbonyl (C=O) groups is 1. The Labute approximate surface area is 217 Å². The molecule has 4 N–H and O–H groups in total. The molecule has 1 amide bonds. The number of nitrogens with one attached hydrogen (secondary N) is 4. The van der Waals surface area contributed by atoms with Crippen LogP contribution in [0.4, 0.5) is 11.5 Å². The molecule has 8 nitrogen and oxygen atoms in total. The van der Waals surface area contributed by atoms with Gasteiger partial charge in [-0.1, -0.05) is 25.5 Å². The third kappa shape index (κ3) is 4.56. The number of hydrogen-bond acceptors (Lipinski definition) is 6. The number of aromatic amines is 2. The number of nitrogens with zero attached hydrogens (tertiary/aromatic N) is 3. The van der Waals surface area contributed by atoms with E-state index in [-0.39, 0.29) is 5.91 Å². The van der Waals surface area contributed by atoms with Crippen molar-refractivity contribution in [2.24, 2.45) is 0 Å². The van der Waals surface area contributed by atoms with Gasteiger partial charge >= 0.3 is 0 Å². The highest BCUT2D eigenvalue weighted by Crippen LogP contribution is 2.37. The van der Waals surface area contributed by atoms with Crippen molar-refractivity contribution in [2.75, 3.05) is 10.6 Å². The van der Waals surface area contributed by atoms with Crippen molar-refractivity contribution in [1.82, 2.24) is 25.1 Å². The molecule has 9 heteroatoms. The molecule has 0 unspecified atom stereocenters. The van der Waals surface area contributed by atoms with Gasteiger partial charge in [-0.25, -0.2) is 4.98 Å². The zero-order valence-corrected chi connectivity index (χ0v) is 21.0. The smallest absolute Gasteiger partial charge is 0.224 e. The van der Waals surface area contributed by atoms with Crippen LogP contribution in [0.5, 0.6) is 0 Å². The zero-order valence-electron chi connectivity index (χ0n) is 20.2. The van der Waals surface area contributed by atoms with Crippen molar-refractivity contribution >= 4 is 45.4 Å². The SMILES string of the molecule is CCCCC(=O)Nc1cncc(-c2ccc3[nH]nc(-c4cc5c([nH]4)NC=CC=C5c4cccs4)c3n2)c1. The highest BCUT2D eigenvalue weighted by Gasteiger charge is 2.20. The molecule has 0 saturated heterocycles. The van der Waals surface area contributed by atoms with Crippen LogP contribution in [0.3, 0.4) is 0 Å². The summed E-state index contributed by atoms with van der Waals surface area (Å²) in [5.74, 6) is 0.902. The van der Waals surface area contributed by atoms with Gasteiger partial charge in [-0.05, 0) is 48.2 Å². The first-order valence-electron chi connectivity index (χ1n) is 12.2. The molecule has 37 heavy (non-hydrogen) atoms. The summed E-state index contributed by atoms with van der Waals surface area (Å²) in [5.41, 5.74) is 7.63. The fraction of sp³-hybridized carbons (Fsp3) is 0.143. The maximum atomic E-state index is 12.2. The number of allylic oxidation sites excluding steroid dienone is 2. The minimum Gasteiger partial charge on any atom is -0.348 e. The Balaban J connectivity index is 1.35. The average Bonchev–Trinajstić information content (AvgIpc) is 3.66. The molecule has 0 aliphatic carbocycles. The molecule has 1 aliphatic heterocycles. The van der Waals surface area contributed by atoms with Crippen molar-refractivity contribution in [3.05, 3.63) is 83.0 Å². The Morgan fingerprint density at radius 2 is 2.11 bits per heavy atom. The number of H-pyrrole nitrogens is 2. The summed E-state index contributed by atoms with van der Waals surface area (Å²) in [5, 5.41) is 16.0. The largest absolute Gasteiger partial charge is 0.348 e. The number of amides is 1. The van der Waals surface area contributed by atoms with E-state index < -0.39 is 0 Å².